The molecule has 3 N–H and O–H groups in total. The third kappa shape index (κ3) is 3.16. The SMILES string of the molecule is CSCC(C)N(C)c1nc(C)cc(C)c1C(=N)N. The van der Waals surface area contributed by atoms with E-state index in [1.54, 1.807) is 11.8 Å². The van der Waals surface area contributed by atoms with E-state index in [1.807, 2.05) is 27.0 Å². The highest BCUT2D eigenvalue weighted by Gasteiger charge is 2.18. The molecule has 0 bridgehead atoms. The molecule has 0 saturated carbocycles. The Balaban J connectivity index is 3.25. The van der Waals surface area contributed by atoms with E-state index >= 15 is 0 Å². The Labute approximate surface area is 113 Å². The monoisotopic (exact) mass is 266 g/mol. The number of nitrogens with two attached hydrogens (primary N) is 1. The van der Waals surface area contributed by atoms with Gasteiger partial charge in [0.1, 0.15) is 11.7 Å². The zero-order chi connectivity index (χ0) is 13.9. The van der Waals surface area contributed by atoms with Crippen LogP contribution in [-0.2, 0) is 0 Å². The summed E-state index contributed by atoms with van der Waals surface area (Å²) in [6.45, 7) is 6.09. The van der Waals surface area contributed by atoms with Crippen molar-refractivity contribution < 1.29 is 0 Å². The standard InChI is InChI=1S/C13H22N4S/c1-8-6-9(2)16-13(11(8)12(14)15)17(4)10(3)7-18-5/h6,10H,7H2,1-5H3,(H3,14,15). The van der Waals surface area contributed by atoms with Crippen molar-refractivity contribution in [3.63, 3.8) is 0 Å². The Morgan fingerprint density at radius 1 is 1.56 bits per heavy atom. The van der Waals surface area contributed by atoms with Crippen LogP contribution >= 0.6 is 11.8 Å². The minimum atomic E-state index is 0.0817. The molecule has 0 radical (unpaired) electrons. The van der Waals surface area contributed by atoms with E-state index in [4.69, 9.17) is 11.1 Å². The summed E-state index contributed by atoms with van der Waals surface area (Å²) in [5.41, 5.74) is 8.40. The van der Waals surface area contributed by atoms with E-state index in [-0.39, 0.29) is 5.84 Å². The summed E-state index contributed by atoms with van der Waals surface area (Å²) in [7, 11) is 2.01. The van der Waals surface area contributed by atoms with Crippen LogP contribution in [0.2, 0.25) is 0 Å². The summed E-state index contributed by atoms with van der Waals surface area (Å²) in [4.78, 5) is 6.66. The van der Waals surface area contributed by atoms with Crippen molar-refractivity contribution in [1.82, 2.24) is 4.98 Å². The van der Waals surface area contributed by atoms with Crippen molar-refractivity contribution in [3.05, 3.63) is 22.9 Å². The minimum absolute atomic E-state index is 0.0817. The molecule has 18 heavy (non-hydrogen) atoms. The number of thioether (sulfide) groups is 1. The lowest BCUT2D eigenvalue weighted by Gasteiger charge is -2.28. The van der Waals surface area contributed by atoms with Gasteiger partial charge < -0.3 is 10.6 Å². The number of aromatic nitrogens is 1. The molecule has 1 atom stereocenters. The molecular weight excluding hydrogens is 244 g/mol. The first-order valence-electron chi connectivity index (χ1n) is 5.92. The van der Waals surface area contributed by atoms with Gasteiger partial charge in [-0.1, -0.05) is 0 Å². The van der Waals surface area contributed by atoms with Gasteiger partial charge >= 0.3 is 0 Å². The fourth-order valence-corrected chi connectivity index (χ4v) is 2.67. The van der Waals surface area contributed by atoms with Gasteiger partial charge in [0.25, 0.3) is 0 Å². The zero-order valence-corrected chi connectivity index (χ0v) is 12.6. The van der Waals surface area contributed by atoms with Crippen LogP contribution in [0.3, 0.4) is 0 Å². The molecule has 1 aromatic heterocycles. The number of anilines is 1. The second-order valence-electron chi connectivity index (χ2n) is 4.61. The summed E-state index contributed by atoms with van der Waals surface area (Å²) in [6.07, 6.45) is 2.09. The minimum Gasteiger partial charge on any atom is -0.384 e. The van der Waals surface area contributed by atoms with Crippen molar-refractivity contribution >= 4 is 23.4 Å². The van der Waals surface area contributed by atoms with Crippen LogP contribution in [-0.4, -0.2) is 35.9 Å². The number of rotatable bonds is 5. The maximum Gasteiger partial charge on any atom is 0.140 e. The van der Waals surface area contributed by atoms with Gasteiger partial charge in [0.05, 0.1) is 5.56 Å². The Kier molecular flexibility index (Phi) is 5.02. The highest BCUT2D eigenvalue weighted by Crippen LogP contribution is 2.23. The predicted molar refractivity (Wildman–Crippen MR) is 81.0 cm³/mol. The molecule has 0 amide bonds. The van der Waals surface area contributed by atoms with E-state index in [2.05, 4.69) is 23.1 Å². The molecule has 0 aliphatic rings. The molecule has 0 fully saturated rings. The number of nitrogens with zero attached hydrogens (tertiary/aromatic N) is 2. The third-order valence-electron chi connectivity index (χ3n) is 3.00. The molecule has 0 aliphatic carbocycles. The highest BCUT2D eigenvalue weighted by molar-refractivity contribution is 7.98. The lowest BCUT2D eigenvalue weighted by atomic mass is 10.1. The molecule has 1 aromatic rings. The Bertz CT molecular complexity index is 445. The Hall–Kier alpha value is -1.23. The molecule has 1 rings (SSSR count). The van der Waals surface area contributed by atoms with Gasteiger partial charge in [0.15, 0.2) is 0 Å². The number of hydrogen-bond donors (Lipinski definition) is 2. The van der Waals surface area contributed by atoms with Gasteiger partial charge in [0, 0.05) is 24.5 Å². The molecule has 0 aromatic carbocycles. The second-order valence-corrected chi connectivity index (χ2v) is 5.52. The van der Waals surface area contributed by atoms with E-state index in [0.29, 0.717) is 6.04 Å². The first kappa shape index (κ1) is 14.8. The molecule has 0 saturated heterocycles. The van der Waals surface area contributed by atoms with E-state index < -0.39 is 0 Å². The fourth-order valence-electron chi connectivity index (χ4n) is 1.97. The van der Waals surface area contributed by atoms with Gasteiger partial charge in [-0.15, -0.1) is 0 Å². The third-order valence-corrected chi connectivity index (χ3v) is 3.81. The van der Waals surface area contributed by atoms with Gasteiger partial charge in [-0.2, -0.15) is 11.8 Å². The lowest BCUT2D eigenvalue weighted by Crippen LogP contribution is -2.34. The smallest absolute Gasteiger partial charge is 0.140 e. The molecule has 1 unspecified atom stereocenters. The van der Waals surface area contributed by atoms with Crippen molar-refractivity contribution in [2.24, 2.45) is 5.73 Å². The summed E-state index contributed by atoms with van der Waals surface area (Å²) < 4.78 is 0. The number of pyridine rings is 1. The normalized spacial score (nSPS) is 12.3. The number of amidine groups is 1. The Morgan fingerprint density at radius 3 is 2.67 bits per heavy atom. The molecule has 1 heterocycles. The van der Waals surface area contributed by atoms with Crippen LogP contribution in [0, 0.1) is 19.3 Å². The summed E-state index contributed by atoms with van der Waals surface area (Å²) in [5, 5.41) is 7.73. The van der Waals surface area contributed by atoms with Crippen LogP contribution in [0.5, 0.6) is 0 Å². The quantitative estimate of drug-likeness (QED) is 0.633. The van der Waals surface area contributed by atoms with Crippen molar-refractivity contribution in [2.45, 2.75) is 26.8 Å². The molecule has 0 spiro atoms. The van der Waals surface area contributed by atoms with E-state index in [1.165, 1.54) is 0 Å². The number of nitrogens with one attached hydrogen (secondary N) is 1. The molecule has 4 nitrogen and oxygen atoms in total. The largest absolute Gasteiger partial charge is 0.384 e. The Morgan fingerprint density at radius 2 is 2.17 bits per heavy atom. The molecular formula is C13H22N4S. The van der Waals surface area contributed by atoms with Crippen LogP contribution in [0.15, 0.2) is 6.07 Å². The summed E-state index contributed by atoms with van der Waals surface area (Å²) >= 11 is 1.80. The van der Waals surface area contributed by atoms with Gasteiger partial charge in [-0.3, -0.25) is 5.41 Å². The first-order chi connectivity index (χ1) is 8.38. The van der Waals surface area contributed by atoms with Gasteiger partial charge in [0.2, 0.25) is 0 Å². The number of hydrogen-bond acceptors (Lipinski definition) is 4. The van der Waals surface area contributed by atoms with Crippen LogP contribution in [0.25, 0.3) is 0 Å². The first-order valence-corrected chi connectivity index (χ1v) is 7.32. The van der Waals surface area contributed by atoms with Crippen molar-refractivity contribution in [2.75, 3.05) is 24.0 Å². The van der Waals surface area contributed by atoms with E-state index in [9.17, 15) is 0 Å². The maximum atomic E-state index is 7.73. The van der Waals surface area contributed by atoms with Crippen molar-refractivity contribution in [1.29, 1.82) is 5.41 Å². The zero-order valence-electron chi connectivity index (χ0n) is 11.7. The number of aryl methyl sites for hydroxylation is 2. The van der Waals surface area contributed by atoms with Gasteiger partial charge in [-0.25, -0.2) is 4.98 Å². The van der Waals surface area contributed by atoms with Crippen LogP contribution in [0.4, 0.5) is 5.82 Å². The van der Waals surface area contributed by atoms with Crippen LogP contribution in [0.1, 0.15) is 23.7 Å². The average Bonchev–Trinajstić information content (AvgIpc) is 2.26. The maximum absolute atomic E-state index is 7.73. The fraction of sp³-hybridized carbons (Fsp3) is 0.538. The molecule has 0 aliphatic heterocycles. The van der Waals surface area contributed by atoms with Gasteiger partial charge in [-0.05, 0) is 38.7 Å². The van der Waals surface area contributed by atoms with E-state index in [0.717, 1.165) is 28.4 Å². The summed E-state index contributed by atoms with van der Waals surface area (Å²) in [5.74, 6) is 1.91. The predicted octanol–water partition coefficient (Wildman–Crippen LogP) is 2.17. The number of nitrogen functional groups attached to an aromatic ring is 1. The lowest BCUT2D eigenvalue weighted by molar-refractivity contribution is 0.750. The average molecular weight is 266 g/mol. The molecule has 5 heteroatoms. The second kappa shape index (κ2) is 6.09. The summed E-state index contributed by atoms with van der Waals surface area (Å²) in [6, 6.07) is 2.32. The molecule has 100 valence electrons. The van der Waals surface area contributed by atoms with Crippen molar-refractivity contribution in [3.8, 4) is 0 Å². The topological polar surface area (TPSA) is 66.0 Å². The van der Waals surface area contributed by atoms with Crippen LogP contribution < -0.4 is 10.6 Å². The highest BCUT2D eigenvalue weighted by atomic mass is 32.2.